The molecule has 0 spiro atoms. The predicted molar refractivity (Wildman–Crippen MR) is 104 cm³/mol. The zero-order chi connectivity index (χ0) is 19.3. The number of benzene rings is 1. The summed E-state index contributed by atoms with van der Waals surface area (Å²) in [7, 11) is -3.47. The number of aliphatic hydroxyl groups is 1. The van der Waals surface area contributed by atoms with Gasteiger partial charge in [-0.2, -0.15) is 4.31 Å². The first-order valence-corrected chi connectivity index (χ1v) is 11.2. The number of likely N-dealkylation sites (tertiary alicyclic amines) is 1. The van der Waals surface area contributed by atoms with Gasteiger partial charge in [-0.25, -0.2) is 8.42 Å². The zero-order valence-electron chi connectivity index (χ0n) is 15.6. The van der Waals surface area contributed by atoms with E-state index in [1.54, 1.807) is 28.6 Å². The number of hydrogen-bond acceptors (Lipinski definition) is 5. The summed E-state index contributed by atoms with van der Waals surface area (Å²) >= 11 is 0. The van der Waals surface area contributed by atoms with Gasteiger partial charge in [-0.15, -0.1) is 0 Å². The second-order valence-electron chi connectivity index (χ2n) is 7.40. The Hall–Kier alpha value is -1.48. The normalized spacial score (nSPS) is 20.9. The molecular formula is C19H29N3O4S. The molecule has 2 N–H and O–H groups in total. The van der Waals surface area contributed by atoms with E-state index in [9.17, 15) is 18.3 Å². The summed E-state index contributed by atoms with van der Waals surface area (Å²) in [6, 6.07) is 6.41. The SMILES string of the molecule is O=C(CN1CCC(O)CC1)Nc1ccc(S(=O)(=O)N2CCCCCC2)cc1. The number of amides is 1. The lowest BCUT2D eigenvalue weighted by molar-refractivity contribution is -0.117. The van der Waals surface area contributed by atoms with Gasteiger partial charge in [0.25, 0.3) is 0 Å². The third-order valence-corrected chi connectivity index (χ3v) is 7.18. The number of nitrogens with one attached hydrogen (secondary N) is 1. The first-order valence-electron chi connectivity index (χ1n) is 9.75. The molecular weight excluding hydrogens is 366 g/mol. The second-order valence-corrected chi connectivity index (χ2v) is 9.34. The summed E-state index contributed by atoms with van der Waals surface area (Å²) in [5.74, 6) is -0.130. The van der Waals surface area contributed by atoms with Crippen molar-refractivity contribution in [2.75, 3.05) is 38.0 Å². The van der Waals surface area contributed by atoms with Crippen LogP contribution < -0.4 is 5.32 Å². The topological polar surface area (TPSA) is 90.0 Å². The summed E-state index contributed by atoms with van der Waals surface area (Å²) in [6.07, 6.45) is 5.08. The molecule has 1 aromatic carbocycles. The summed E-state index contributed by atoms with van der Waals surface area (Å²) < 4.78 is 27.1. The van der Waals surface area contributed by atoms with Gasteiger partial charge in [0.05, 0.1) is 17.5 Å². The maximum atomic E-state index is 12.8. The number of anilines is 1. The fourth-order valence-corrected chi connectivity index (χ4v) is 5.14. The van der Waals surface area contributed by atoms with Gasteiger partial charge in [0.1, 0.15) is 0 Å². The Kier molecular flexibility index (Phi) is 6.86. The molecule has 8 heteroatoms. The number of carbonyl (C=O) groups is 1. The largest absolute Gasteiger partial charge is 0.393 e. The van der Waals surface area contributed by atoms with Crippen LogP contribution in [0, 0.1) is 0 Å². The number of sulfonamides is 1. The summed E-state index contributed by atoms with van der Waals surface area (Å²) in [5, 5.41) is 12.3. The van der Waals surface area contributed by atoms with E-state index in [2.05, 4.69) is 5.32 Å². The minimum atomic E-state index is -3.47. The summed E-state index contributed by atoms with van der Waals surface area (Å²) in [5.41, 5.74) is 0.590. The Bertz CT molecular complexity index is 720. The number of rotatable bonds is 5. The summed E-state index contributed by atoms with van der Waals surface area (Å²) in [4.78, 5) is 14.5. The van der Waals surface area contributed by atoms with E-state index >= 15 is 0 Å². The van der Waals surface area contributed by atoms with Crippen molar-refractivity contribution in [2.45, 2.75) is 49.5 Å². The van der Waals surface area contributed by atoms with Gasteiger partial charge in [0.2, 0.25) is 15.9 Å². The molecule has 27 heavy (non-hydrogen) atoms. The van der Waals surface area contributed by atoms with E-state index in [1.165, 1.54) is 0 Å². The molecule has 2 saturated heterocycles. The Morgan fingerprint density at radius 2 is 1.59 bits per heavy atom. The third-order valence-electron chi connectivity index (χ3n) is 5.27. The lowest BCUT2D eigenvalue weighted by atomic mass is 10.1. The maximum absolute atomic E-state index is 12.8. The van der Waals surface area contributed by atoms with Gasteiger partial charge in [0.15, 0.2) is 0 Å². The fraction of sp³-hybridized carbons (Fsp3) is 0.632. The standard InChI is InChI=1S/C19H29N3O4S/c23-17-9-13-21(14-10-17)15-19(24)20-16-5-7-18(8-6-16)27(25,26)22-11-3-1-2-4-12-22/h5-8,17,23H,1-4,9-15H2,(H,20,24). The van der Waals surface area contributed by atoms with Crippen LogP contribution in [-0.4, -0.2) is 67.5 Å². The highest BCUT2D eigenvalue weighted by Crippen LogP contribution is 2.22. The van der Waals surface area contributed by atoms with Crippen LogP contribution in [0.1, 0.15) is 38.5 Å². The van der Waals surface area contributed by atoms with Gasteiger partial charge in [0, 0.05) is 31.9 Å². The number of nitrogens with zero attached hydrogens (tertiary/aromatic N) is 2. The number of carbonyl (C=O) groups excluding carboxylic acids is 1. The number of aliphatic hydroxyl groups excluding tert-OH is 1. The quantitative estimate of drug-likeness (QED) is 0.791. The summed E-state index contributed by atoms with van der Waals surface area (Å²) in [6.45, 7) is 2.85. The monoisotopic (exact) mass is 395 g/mol. The van der Waals surface area contributed by atoms with Gasteiger partial charge in [-0.05, 0) is 49.9 Å². The second kappa shape index (κ2) is 9.14. The van der Waals surface area contributed by atoms with Gasteiger partial charge < -0.3 is 10.4 Å². The van der Waals surface area contributed by atoms with Crippen LogP contribution in [0.4, 0.5) is 5.69 Å². The van der Waals surface area contributed by atoms with Crippen LogP contribution in [0.25, 0.3) is 0 Å². The highest BCUT2D eigenvalue weighted by molar-refractivity contribution is 7.89. The fourth-order valence-electron chi connectivity index (χ4n) is 3.62. The van der Waals surface area contributed by atoms with Gasteiger partial charge >= 0.3 is 0 Å². The molecule has 2 heterocycles. The van der Waals surface area contributed by atoms with Crippen LogP contribution in [0.3, 0.4) is 0 Å². The van der Waals surface area contributed by atoms with Crippen LogP contribution in [0.2, 0.25) is 0 Å². The molecule has 0 radical (unpaired) electrons. The van der Waals surface area contributed by atoms with E-state index in [4.69, 9.17) is 0 Å². The number of hydrogen-bond donors (Lipinski definition) is 2. The average Bonchev–Trinajstić information content (AvgIpc) is 2.94. The highest BCUT2D eigenvalue weighted by Gasteiger charge is 2.25. The van der Waals surface area contributed by atoms with E-state index in [0.717, 1.165) is 25.7 Å². The molecule has 0 aliphatic carbocycles. The molecule has 0 saturated carbocycles. The molecule has 0 aromatic heterocycles. The molecule has 1 aromatic rings. The minimum absolute atomic E-state index is 0.130. The lowest BCUT2D eigenvalue weighted by Crippen LogP contribution is -2.40. The maximum Gasteiger partial charge on any atom is 0.243 e. The minimum Gasteiger partial charge on any atom is -0.393 e. The molecule has 2 fully saturated rings. The van der Waals surface area contributed by atoms with Crippen molar-refractivity contribution in [3.63, 3.8) is 0 Å². The van der Waals surface area contributed by atoms with Crippen LogP contribution in [-0.2, 0) is 14.8 Å². The number of piperidine rings is 1. The molecule has 150 valence electrons. The van der Waals surface area contributed by atoms with Crippen molar-refractivity contribution in [2.24, 2.45) is 0 Å². The molecule has 0 unspecified atom stereocenters. The Morgan fingerprint density at radius 3 is 2.19 bits per heavy atom. The van der Waals surface area contributed by atoms with E-state index < -0.39 is 10.0 Å². The van der Waals surface area contributed by atoms with Crippen LogP contribution in [0.5, 0.6) is 0 Å². The predicted octanol–water partition coefficient (Wildman–Crippen LogP) is 1.65. The van der Waals surface area contributed by atoms with Crippen molar-refractivity contribution < 1.29 is 18.3 Å². The van der Waals surface area contributed by atoms with Crippen LogP contribution in [0.15, 0.2) is 29.2 Å². The Labute approximate surface area is 161 Å². The average molecular weight is 396 g/mol. The molecule has 2 aliphatic rings. The molecule has 3 rings (SSSR count). The highest BCUT2D eigenvalue weighted by atomic mass is 32.2. The molecule has 2 aliphatic heterocycles. The van der Waals surface area contributed by atoms with Crippen molar-refractivity contribution >= 4 is 21.6 Å². The molecule has 7 nitrogen and oxygen atoms in total. The molecule has 1 amide bonds. The van der Waals surface area contributed by atoms with E-state index in [0.29, 0.717) is 44.7 Å². The van der Waals surface area contributed by atoms with Gasteiger partial charge in [-0.3, -0.25) is 9.69 Å². The first kappa shape index (κ1) is 20.3. The van der Waals surface area contributed by atoms with Crippen molar-refractivity contribution in [3.05, 3.63) is 24.3 Å². The van der Waals surface area contributed by atoms with Gasteiger partial charge in [-0.1, -0.05) is 12.8 Å². The molecule has 0 bridgehead atoms. The first-order chi connectivity index (χ1) is 12.9. The van der Waals surface area contributed by atoms with Crippen molar-refractivity contribution in [1.82, 2.24) is 9.21 Å². The van der Waals surface area contributed by atoms with Crippen molar-refractivity contribution in [3.8, 4) is 0 Å². The van der Waals surface area contributed by atoms with Crippen molar-refractivity contribution in [1.29, 1.82) is 0 Å². The zero-order valence-corrected chi connectivity index (χ0v) is 16.5. The van der Waals surface area contributed by atoms with E-state index in [-0.39, 0.29) is 23.5 Å². The Morgan fingerprint density at radius 1 is 1.00 bits per heavy atom. The van der Waals surface area contributed by atoms with E-state index in [1.807, 2.05) is 4.90 Å². The molecule has 0 atom stereocenters. The van der Waals surface area contributed by atoms with Crippen LogP contribution >= 0.6 is 0 Å². The Balaban J connectivity index is 1.57. The lowest BCUT2D eigenvalue weighted by Gasteiger charge is -2.28. The smallest absolute Gasteiger partial charge is 0.243 e. The third kappa shape index (κ3) is 5.51.